The fraction of sp³-hybridized carbons (Fsp3) is 0.0870. The summed E-state index contributed by atoms with van der Waals surface area (Å²) in [6, 6.07) is 17.1. The van der Waals surface area contributed by atoms with Gasteiger partial charge in [-0.15, -0.1) is 0 Å². The van der Waals surface area contributed by atoms with Crippen molar-refractivity contribution in [2.45, 2.75) is 13.5 Å². The molecule has 3 aromatic rings. The number of rotatable bonds is 6. The number of carbonyl (C=O) groups excluding carboxylic acids is 3. The Morgan fingerprint density at radius 3 is 2.58 bits per heavy atom. The summed E-state index contributed by atoms with van der Waals surface area (Å²) in [5.74, 6) is -0.839. The van der Waals surface area contributed by atoms with Crippen molar-refractivity contribution in [2.75, 3.05) is 10.2 Å². The van der Waals surface area contributed by atoms with Gasteiger partial charge < -0.3 is 15.1 Å². The number of para-hydroxylation sites is 1. The number of halogens is 1. The number of amides is 3. The highest BCUT2D eigenvalue weighted by Crippen LogP contribution is 2.31. The van der Waals surface area contributed by atoms with Crippen molar-refractivity contribution in [2.24, 2.45) is 0 Å². The Morgan fingerprint density at radius 2 is 1.84 bits per heavy atom. The van der Waals surface area contributed by atoms with Gasteiger partial charge in [-0.25, -0.2) is 4.90 Å². The second kappa shape index (κ2) is 8.49. The van der Waals surface area contributed by atoms with Crippen molar-refractivity contribution in [1.82, 2.24) is 5.32 Å². The van der Waals surface area contributed by atoms with Crippen LogP contribution in [0, 0.1) is 6.92 Å². The van der Waals surface area contributed by atoms with Gasteiger partial charge in [-0.05, 0) is 48.9 Å². The monoisotopic (exact) mass is 435 g/mol. The topological polar surface area (TPSA) is 91.7 Å². The van der Waals surface area contributed by atoms with Crippen LogP contribution in [0.4, 0.5) is 11.4 Å². The van der Waals surface area contributed by atoms with E-state index in [1.54, 1.807) is 61.5 Å². The van der Waals surface area contributed by atoms with Gasteiger partial charge in [0, 0.05) is 11.3 Å². The highest BCUT2D eigenvalue weighted by atomic mass is 35.5. The molecule has 7 nitrogen and oxygen atoms in total. The summed E-state index contributed by atoms with van der Waals surface area (Å²) in [5, 5.41) is 5.44. The summed E-state index contributed by atoms with van der Waals surface area (Å²) >= 11 is 6.19. The molecule has 31 heavy (non-hydrogen) atoms. The Morgan fingerprint density at radius 1 is 1.03 bits per heavy atom. The molecule has 2 N–H and O–H groups in total. The third-order valence-electron chi connectivity index (χ3n) is 4.78. The first-order valence-electron chi connectivity index (χ1n) is 9.47. The molecule has 3 amide bonds. The van der Waals surface area contributed by atoms with Crippen LogP contribution in [-0.4, -0.2) is 17.7 Å². The van der Waals surface area contributed by atoms with Gasteiger partial charge in [-0.3, -0.25) is 14.4 Å². The van der Waals surface area contributed by atoms with Gasteiger partial charge in [-0.1, -0.05) is 35.9 Å². The molecule has 0 spiro atoms. The first-order chi connectivity index (χ1) is 15.0. The van der Waals surface area contributed by atoms with E-state index in [4.69, 9.17) is 16.0 Å². The Hall–Kier alpha value is -3.84. The smallest absolute Gasteiger partial charge is 0.283 e. The van der Waals surface area contributed by atoms with Crippen molar-refractivity contribution in [3.05, 3.63) is 94.5 Å². The summed E-state index contributed by atoms with van der Waals surface area (Å²) in [7, 11) is 0. The third-order valence-corrected chi connectivity index (χ3v) is 5.13. The lowest BCUT2D eigenvalue weighted by atomic mass is 10.1. The van der Waals surface area contributed by atoms with Crippen molar-refractivity contribution in [3.8, 4) is 0 Å². The van der Waals surface area contributed by atoms with Gasteiger partial charge in [0.2, 0.25) is 0 Å². The fourth-order valence-electron chi connectivity index (χ4n) is 3.21. The van der Waals surface area contributed by atoms with E-state index in [9.17, 15) is 14.4 Å². The molecule has 0 radical (unpaired) electrons. The summed E-state index contributed by atoms with van der Waals surface area (Å²) in [4.78, 5) is 39.1. The Bertz CT molecular complexity index is 1200. The summed E-state index contributed by atoms with van der Waals surface area (Å²) in [5.41, 5.74) is 2.03. The molecule has 0 fully saturated rings. The zero-order chi connectivity index (χ0) is 22.0. The van der Waals surface area contributed by atoms with E-state index in [0.717, 1.165) is 10.5 Å². The molecular formula is C23H18ClN3O4. The van der Waals surface area contributed by atoms with E-state index in [2.05, 4.69) is 10.6 Å². The lowest BCUT2D eigenvalue weighted by Crippen LogP contribution is -2.32. The van der Waals surface area contributed by atoms with Crippen LogP contribution in [0.25, 0.3) is 0 Å². The molecular weight excluding hydrogens is 418 g/mol. The van der Waals surface area contributed by atoms with Gasteiger partial charge in [0.15, 0.2) is 0 Å². The lowest BCUT2D eigenvalue weighted by Gasteiger charge is -2.17. The molecule has 4 rings (SSSR count). The summed E-state index contributed by atoms with van der Waals surface area (Å²) in [6.45, 7) is 2.05. The van der Waals surface area contributed by atoms with E-state index < -0.39 is 11.8 Å². The molecule has 1 aromatic heterocycles. The van der Waals surface area contributed by atoms with Crippen LogP contribution < -0.4 is 15.5 Å². The summed E-state index contributed by atoms with van der Waals surface area (Å²) in [6.07, 6.45) is 1.53. The quantitative estimate of drug-likeness (QED) is 0.572. The Kier molecular flexibility index (Phi) is 5.60. The highest BCUT2D eigenvalue weighted by Gasteiger charge is 2.39. The van der Waals surface area contributed by atoms with Crippen molar-refractivity contribution in [3.63, 3.8) is 0 Å². The van der Waals surface area contributed by atoms with Crippen molar-refractivity contribution < 1.29 is 18.8 Å². The Balaban J connectivity index is 1.52. The number of nitrogens with zero attached hydrogens (tertiary/aromatic N) is 1. The average Bonchev–Trinajstić information content (AvgIpc) is 3.36. The molecule has 2 heterocycles. The Labute approximate surface area is 183 Å². The largest absolute Gasteiger partial charge is 0.467 e. The van der Waals surface area contributed by atoms with Crippen molar-refractivity contribution in [1.29, 1.82) is 0 Å². The van der Waals surface area contributed by atoms with Gasteiger partial charge in [-0.2, -0.15) is 0 Å². The third kappa shape index (κ3) is 4.08. The predicted molar refractivity (Wildman–Crippen MR) is 116 cm³/mol. The number of hydrogen-bond donors (Lipinski definition) is 2. The number of furan rings is 1. The molecule has 0 saturated carbocycles. The summed E-state index contributed by atoms with van der Waals surface area (Å²) < 4.78 is 5.20. The number of anilines is 2. The van der Waals surface area contributed by atoms with E-state index in [0.29, 0.717) is 22.7 Å². The second-order valence-corrected chi connectivity index (χ2v) is 7.27. The molecule has 0 saturated heterocycles. The number of nitrogens with one attached hydrogen (secondary N) is 2. The molecule has 156 valence electrons. The molecule has 0 atom stereocenters. The molecule has 2 aromatic carbocycles. The zero-order valence-electron chi connectivity index (χ0n) is 16.5. The van der Waals surface area contributed by atoms with Gasteiger partial charge in [0.1, 0.15) is 16.5 Å². The maximum atomic E-state index is 12.9. The van der Waals surface area contributed by atoms with E-state index in [-0.39, 0.29) is 23.2 Å². The lowest BCUT2D eigenvalue weighted by molar-refractivity contribution is -0.120. The van der Waals surface area contributed by atoms with Gasteiger partial charge in [0.05, 0.1) is 18.5 Å². The first kappa shape index (κ1) is 20.4. The molecule has 0 aliphatic carbocycles. The van der Waals surface area contributed by atoms with Crippen LogP contribution in [0.1, 0.15) is 21.7 Å². The van der Waals surface area contributed by atoms with Crippen LogP contribution in [0.2, 0.25) is 0 Å². The maximum Gasteiger partial charge on any atom is 0.283 e. The first-order valence-corrected chi connectivity index (χ1v) is 9.85. The molecule has 8 heteroatoms. The number of imide groups is 1. The minimum absolute atomic E-state index is 0.0388. The average molecular weight is 436 g/mol. The number of hydrogen-bond acceptors (Lipinski definition) is 5. The minimum Gasteiger partial charge on any atom is -0.467 e. The van der Waals surface area contributed by atoms with Crippen LogP contribution in [0.3, 0.4) is 0 Å². The molecule has 1 aliphatic rings. The van der Waals surface area contributed by atoms with Crippen LogP contribution >= 0.6 is 11.6 Å². The van der Waals surface area contributed by atoms with Crippen LogP contribution in [0.15, 0.2) is 82.1 Å². The predicted octanol–water partition coefficient (Wildman–Crippen LogP) is 3.95. The van der Waals surface area contributed by atoms with E-state index in [1.807, 2.05) is 6.07 Å². The van der Waals surface area contributed by atoms with Crippen molar-refractivity contribution >= 4 is 40.7 Å². The maximum absolute atomic E-state index is 12.9. The standard InChI is InChI=1S/C23H18ClN3O4/c1-14-6-2-3-10-18(14)27-22(29)19(24)20(23(27)30)26-16-8-4-7-15(12-16)21(28)25-13-17-9-5-11-31-17/h2-12,26H,13H2,1H3,(H,25,28). The highest BCUT2D eigenvalue weighted by molar-refractivity contribution is 6.53. The van der Waals surface area contributed by atoms with Crippen LogP contribution in [-0.2, 0) is 16.1 Å². The minimum atomic E-state index is -0.601. The second-order valence-electron chi connectivity index (χ2n) is 6.89. The molecule has 0 unspecified atom stereocenters. The molecule has 1 aliphatic heterocycles. The normalized spacial score (nSPS) is 13.7. The number of carbonyl (C=O) groups is 3. The van der Waals surface area contributed by atoms with Gasteiger partial charge in [0.25, 0.3) is 17.7 Å². The fourth-order valence-corrected chi connectivity index (χ4v) is 3.42. The molecule has 0 bridgehead atoms. The van der Waals surface area contributed by atoms with E-state index in [1.165, 1.54) is 6.26 Å². The van der Waals surface area contributed by atoms with Crippen LogP contribution in [0.5, 0.6) is 0 Å². The zero-order valence-corrected chi connectivity index (χ0v) is 17.3. The van der Waals surface area contributed by atoms with Gasteiger partial charge >= 0.3 is 0 Å². The van der Waals surface area contributed by atoms with E-state index >= 15 is 0 Å². The number of benzene rings is 2. The number of aryl methyl sites for hydroxylation is 1. The SMILES string of the molecule is Cc1ccccc1N1C(=O)C(Cl)=C(Nc2cccc(C(=O)NCc3ccco3)c2)C1=O.